The van der Waals surface area contributed by atoms with E-state index in [0.29, 0.717) is 19.0 Å². The highest BCUT2D eigenvalue weighted by molar-refractivity contribution is 5.89. The number of carbonyl (C=O) groups excluding carboxylic acids is 2. The summed E-state index contributed by atoms with van der Waals surface area (Å²) < 4.78 is 0. The Bertz CT molecular complexity index is 760. The van der Waals surface area contributed by atoms with Crippen molar-refractivity contribution >= 4 is 11.8 Å². The summed E-state index contributed by atoms with van der Waals surface area (Å²) in [6.07, 6.45) is 6.13. The van der Waals surface area contributed by atoms with Crippen molar-refractivity contribution in [1.82, 2.24) is 10.2 Å². The number of rotatable bonds is 5. The molecule has 4 nitrogen and oxygen atoms in total. The number of likely N-dealkylation sites (tertiary alicyclic amines) is 1. The van der Waals surface area contributed by atoms with Crippen molar-refractivity contribution in [1.29, 1.82) is 0 Å². The number of hydrogen-bond donors (Lipinski definition) is 1. The standard InChI is InChI=1S/C24H28N2O2/c27-22-16-20(17-26(22)21-14-8-3-9-15-21)24(28)25-23(18-10-4-1-5-11-18)19-12-6-2-7-13-19/h1-2,4-7,10-13,20-21,23H,3,8-9,14-17H2,(H,25,28). The molecule has 146 valence electrons. The Morgan fingerprint density at radius 3 is 2.04 bits per heavy atom. The molecule has 0 bridgehead atoms. The fourth-order valence-corrected chi connectivity index (χ4v) is 4.56. The van der Waals surface area contributed by atoms with E-state index >= 15 is 0 Å². The second-order valence-electron chi connectivity index (χ2n) is 8.00. The van der Waals surface area contributed by atoms with Gasteiger partial charge in [0.1, 0.15) is 0 Å². The molecule has 2 aromatic rings. The Kier molecular flexibility index (Phi) is 5.75. The molecule has 2 amide bonds. The van der Waals surface area contributed by atoms with Gasteiger partial charge in [-0.3, -0.25) is 9.59 Å². The van der Waals surface area contributed by atoms with Crippen LogP contribution < -0.4 is 5.32 Å². The highest BCUT2D eigenvalue weighted by atomic mass is 16.2. The first kappa shape index (κ1) is 18.7. The van der Waals surface area contributed by atoms with Gasteiger partial charge in [-0.25, -0.2) is 0 Å². The van der Waals surface area contributed by atoms with Gasteiger partial charge < -0.3 is 10.2 Å². The third-order valence-electron chi connectivity index (χ3n) is 6.10. The van der Waals surface area contributed by atoms with Crippen LogP contribution in [0.2, 0.25) is 0 Å². The molecular weight excluding hydrogens is 348 g/mol. The van der Waals surface area contributed by atoms with Crippen LogP contribution in [0.5, 0.6) is 0 Å². The Balaban J connectivity index is 1.48. The quantitative estimate of drug-likeness (QED) is 0.855. The summed E-state index contributed by atoms with van der Waals surface area (Å²) in [6, 6.07) is 20.2. The molecule has 1 atom stereocenters. The monoisotopic (exact) mass is 376 g/mol. The maximum atomic E-state index is 13.1. The van der Waals surface area contributed by atoms with E-state index in [1.54, 1.807) is 0 Å². The first-order valence-electron chi connectivity index (χ1n) is 10.4. The van der Waals surface area contributed by atoms with Crippen molar-refractivity contribution < 1.29 is 9.59 Å². The highest BCUT2D eigenvalue weighted by Gasteiger charge is 2.38. The zero-order chi connectivity index (χ0) is 19.3. The smallest absolute Gasteiger partial charge is 0.226 e. The SMILES string of the molecule is O=C(NC(c1ccccc1)c1ccccc1)C1CC(=O)N(C2CCCCC2)C1. The molecule has 1 aliphatic heterocycles. The first-order valence-corrected chi connectivity index (χ1v) is 10.4. The normalized spacial score (nSPS) is 20.5. The summed E-state index contributed by atoms with van der Waals surface area (Å²) in [5.74, 6) is -0.142. The van der Waals surface area contributed by atoms with Gasteiger partial charge in [0.2, 0.25) is 11.8 Å². The summed E-state index contributed by atoms with van der Waals surface area (Å²) in [6.45, 7) is 0.561. The Hall–Kier alpha value is -2.62. The van der Waals surface area contributed by atoms with Gasteiger partial charge >= 0.3 is 0 Å². The Morgan fingerprint density at radius 1 is 0.893 bits per heavy atom. The highest BCUT2D eigenvalue weighted by Crippen LogP contribution is 2.30. The molecule has 0 spiro atoms. The number of nitrogens with one attached hydrogen (secondary N) is 1. The number of hydrogen-bond acceptors (Lipinski definition) is 2. The second-order valence-corrected chi connectivity index (χ2v) is 8.00. The van der Waals surface area contributed by atoms with Gasteiger partial charge in [-0.2, -0.15) is 0 Å². The van der Waals surface area contributed by atoms with E-state index < -0.39 is 0 Å². The lowest BCUT2D eigenvalue weighted by Crippen LogP contribution is -2.40. The van der Waals surface area contributed by atoms with E-state index in [2.05, 4.69) is 5.32 Å². The molecule has 1 saturated heterocycles. The fourth-order valence-electron chi connectivity index (χ4n) is 4.56. The zero-order valence-electron chi connectivity index (χ0n) is 16.2. The zero-order valence-corrected chi connectivity index (χ0v) is 16.2. The van der Waals surface area contributed by atoms with Gasteiger partial charge in [0.15, 0.2) is 0 Å². The summed E-state index contributed by atoms with van der Waals surface area (Å²) in [5.41, 5.74) is 2.10. The van der Waals surface area contributed by atoms with Crippen molar-refractivity contribution in [2.45, 2.75) is 50.6 Å². The topological polar surface area (TPSA) is 49.4 Å². The van der Waals surface area contributed by atoms with Crippen molar-refractivity contribution in [3.8, 4) is 0 Å². The number of amides is 2. The van der Waals surface area contributed by atoms with Crippen molar-refractivity contribution in [3.05, 3.63) is 71.8 Å². The molecule has 2 aromatic carbocycles. The van der Waals surface area contributed by atoms with Gasteiger partial charge in [0, 0.05) is 19.0 Å². The summed E-state index contributed by atoms with van der Waals surface area (Å²) in [7, 11) is 0. The van der Waals surface area contributed by atoms with Crippen molar-refractivity contribution in [2.75, 3.05) is 6.54 Å². The molecule has 1 N–H and O–H groups in total. The molecule has 0 radical (unpaired) electrons. The predicted molar refractivity (Wildman–Crippen MR) is 110 cm³/mol. The maximum absolute atomic E-state index is 13.1. The largest absolute Gasteiger partial charge is 0.345 e. The molecule has 2 aliphatic rings. The number of benzene rings is 2. The van der Waals surface area contributed by atoms with Crippen LogP contribution in [0.1, 0.15) is 55.7 Å². The molecule has 1 unspecified atom stereocenters. The molecule has 4 rings (SSSR count). The summed E-state index contributed by atoms with van der Waals surface area (Å²) in [5, 5.41) is 3.22. The first-order chi connectivity index (χ1) is 13.7. The molecule has 4 heteroatoms. The van der Waals surface area contributed by atoms with Crippen LogP contribution >= 0.6 is 0 Å². The maximum Gasteiger partial charge on any atom is 0.226 e. The average Bonchev–Trinajstić information content (AvgIpc) is 3.15. The van der Waals surface area contributed by atoms with Gasteiger partial charge in [-0.15, -0.1) is 0 Å². The van der Waals surface area contributed by atoms with Crippen molar-refractivity contribution in [2.24, 2.45) is 5.92 Å². The van der Waals surface area contributed by atoms with Crippen LogP contribution in [0.3, 0.4) is 0 Å². The van der Waals surface area contributed by atoms with E-state index in [4.69, 9.17) is 0 Å². The van der Waals surface area contributed by atoms with Gasteiger partial charge in [0.05, 0.1) is 12.0 Å². The van der Waals surface area contributed by atoms with Gasteiger partial charge in [0.25, 0.3) is 0 Å². The van der Waals surface area contributed by atoms with E-state index in [1.165, 1.54) is 19.3 Å². The van der Waals surface area contributed by atoms with Crippen LogP contribution in [0, 0.1) is 5.92 Å². The number of carbonyl (C=O) groups is 2. The average molecular weight is 377 g/mol. The van der Waals surface area contributed by atoms with Crippen LogP contribution in [0.15, 0.2) is 60.7 Å². The predicted octanol–water partition coefficient (Wildman–Crippen LogP) is 4.07. The van der Waals surface area contributed by atoms with Crippen LogP contribution in [-0.2, 0) is 9.59 Å². The third kappa shape index (κ3) is 4.11. The Labute approximate surface area is 166 Å². The van der Waals surface area contributed by atoms with Crippen molar-refractivity contribution in [3.63, 3.8) is 0 Å². The van der Waals surface area contributed by atoms with E-state index in [1.807, 2.05) is 65.6 Å². The minimum atomic E-state index is -0.260. The Morgan fingerprint density at radius 2 is 1.46 bits per heavy atom. The summed E-state index contributed by atoms with van der Waals surface area (Å²) >= 11 is 0. The third-order valence-corrected chi connectivity index (χ3v) is 6.10. The second kappa shape index (κ2) is 8.59. The van der Waals surface area contributed by atoms with Gasteiger partial charge in [-0.05, 0) is 24.0 Å². The molecule has 1 saturated carbocycles. The molecule has 0 aromatic heterocycles. The number of nitrogens with zero attached hydrogens (tertiary/aromatic N) is 1. The fraction of sp³-hybridized carbons (Fsp3) is 0.417. The minimum Gasteiger partial charge on any atom is -0.345 e. The molecule has 2 fully saturated rings. The van der Waals surface area contributed by atoms with E-state index in [-0.39, 0.29) is 23.8 Å². The van der Waals surface area contributed by atoms with Crippen LogP contribution in [0.25, 0.3) is 0 Å². The molecule has 1 aliphatic carbocycles. The molecule has 1 heterocycles. The summed E-state index contributed by atoms with van der Waals surface area (Å²) in [4.78, 5) is 27.6. The van der Waals surface area contributed by atoms with E-state index in [0.717, 1.165) is 24.0 Å². The lowest BCUT2D eigenvalue weighted by molar-refractivity contribution is -0.130. The van der Waals surface area contributed by atoms with Crippen LogP contribution in [-0.4, -0.2) is 29.3 Å². The van der Waals surface area contributed by atoms with Gasteiger partial charge in [-0.1, -0.05) is 79.9 Å². The lowest BCUT2D eigenvalue weighted by Gasteiger charge is -2.31. The molecule has 28 heavy (non-hydrogen) atoms. The minimum absolute atomic E-state index is 0.0237. The van der Waals surface area contributed by atoms with Crippen LogP contribution in [0.4, 0.5) is 0 Å². The molecular formula is C24H28N2O2. The van der Waals surface area contributed by atoms with E-state index in [9.17, 15) is 9.59 Å². The lowest BCUT2D eigenvalue weighted by atomic mass is 9.94.